The monoisotopic (exact) mass is 460 g/mol. The van der Waals surface area contributed by atoms with Crippen LogP contribution in [0, 0.1) is 5.92 Å². The number of carbonyl (C=O) groups excluding carboxylic acids is 3. The molecule has 0 spiro atoms. The van der Waals surface area contributed by atoms with Gasteiger partial charge in [-0.05, 0) is 57.1 Å². The Morgan fingerprint density at radius 3 is 2.19 bits per heavy atom. The first kappa shape index (κ1) is 27.2. The molecular formula is C20H36N4O6S. The highest BCUT2D eigenvalue weighted by Gasteiger charge is 2.32. The Balaban J connectivity index is 2.89. The van der Waals surface area contributed by atoms with Crippen molar-refractivity contribution in [3.05, 3.63) is 0 Å². The summed E-state index contributed by atoms with van der Waals surface area (Å²) < 4.78 is 0. The van der Waals surface area contributed by atoms with E-state index in [1.165, 1.54) is 18.7 Å². The summed E-state index contributed by atoms with van der Waals surface area (Å²) in [6.45, 7) is 5.88. The molecule has 1 fully saturated rings. The lowest BCUT2D eigenvalue weighted by Gasteiger charge is -2.26. The molecule has 1 heterocycles. The van der Waals surface area contributed by atoms with Crippen LogP contribution in [0.4, 0.5) is 0 Å². The van der Waals surface area contributed by atoms with Gasteiger partial charge in [-0.1, -0.05) is 13.8 Å². The van der Waals surface area contributed by atoms with Crippen molar-refractivity contribution < 1.29 is 29.4 Å². The highest BCUT2D eigenvalue weighted by Crippen LogP contribution is 2.10. The number of nitrogens with one attached hydrogen (secondary N) is 4. The summed E-state index contributed by atoms with van der Waals surface area (Å²) in [5.74, 6) is -2.13. The van der Waals surface area contributed by atoms with Crippen LogP contribution in [0.3, 0.4) is 0 Å². The van der Waals surface area contributed by atoms with Crippen LogP contribution < -0.4 is 21.3 Å². The number of carbonyl (C=O) groups is 4. The van der Waals surface area contributed by atoms with E-state index in [2.05, 4.69) is 21.3 Å². The minimum absolute atomic E-state index is 0.123. The summed E-state index contributed by atoms with van der Waals surface area (Å²) in [4.78, 5) is 49.4. The SMILES string of the molecule is CSCCC(NC(=O)C(CC(C)C)NC(=O)C1CCCN1)C(=O)NC(C(=O)O)C(C)O. The molecule has 31 heavy (non-hydrogen) atoms. The van der Waals surface area contributed by atoms with Crippen LogP contribution in [0.5, 0.6) is 0 Å². The highest BCUT2D eigenvalue weighted by molar-refractivity contribution is 7.98. The first-order chi connectivity index (χ1) is 14.6. The molecule has 1 rings (SSSR count). The number of amides is 3. The van der Waals surface area contributed by atoms with Crippen LogP contribution in [0.1, 0.15) is 46.5 Å². The Hall–Kier alpha value is -1.85. The van der Waals surface area contributed by atoms with Crippen LogP contribution >= 0.6 is 11.8 Å². The topological polar surface area (TPSA) is 157 Å². The van der Waals surface area contributed by atoms with E-state index in [1.54, 1.807) is 0 Å². The zero-order valence-electron chi connectivity index (χ0n) is 18.6. The van der Waals surface area contributed by atoms with Crippen molar-refractivity contribution in [2.75, 3.05) is 18.6 Å². The summed E-state index contributed by atoms with van der Waals surface area (Å²) >= 11 is 1.48. The van der Waals surface area contributed by atoms with Gasteiger partial charge in [0.2, 0.25) is 17.7 Å². The Labute approximate surface area is 187 Å². The summed E-state index contributed by atoms with van der Waals surface area (Å²) in [6.07, 6.45) is 2.82. The molecule has 0 aromatic rings. The van der Waals surface area contributed by atoms with Gasteiger partial charge in [0.25, 0.3) is 0 Å². The number of hydrogen-bond acceptors (Lipinski definition) is 7. The number of carboxylic acid groups (broad SMARTS) is 1. The molecule has 0 aromatic heterocycles. The zero-order valence-corrected chi connectivity index (χ0v) is 19.5. The van der Waals surface area contributed by atoms with Crippen molar-refractivity contribution in [3.8, 4) is 0 Å². The molecule has 3 amide bonds. The predicted molar refractivity (Wildman–Crippen MR) is 119 cm³/mol. The quantitative estimate of drug-likeness (QED) is 0.214. The van der Waals surface area contributed by atoms with Gasteiger partial charge in [-0.25, -0.2) is 4.79 Å². The molecule has 0 saturated carbocycles. The van der Waals surface area contributed by atoms with Gasteiger partial charge >= 0.3 is 5.97 Å². The molecule has 1 saturated heterocycles. The van der Waals surface area contributed by atoms with E-state index in [1.807, 2.05) is 20.1 Å². The first-order valence-corrected chi connectivity index (χ1v) is 12.0. The standard InChI is InChI=1S/C20H36N4O6S/c1-11(2)10-15(23-17(26)13-6-5-8-21-13)19(28)22-14(7-9-31-4)18(27)24-16(12(3)25)20(29)30/h11-16,21,25H,5-10H2,1-4H3,(H,22,28)(H,23,26)(H,24,27)(H,29,30). The Kier molecular flexibility index (Phi) is 11.9. The Bertz CT molecular complexity index is 625. The third-order valence-electron chi connectivity index (χ3n) is 5.01. The lowest BCUT2D eigenvalue weighted by atomic mass is 10.0. The number of carboxylic acids is 1. The lowest BCUT2D eigenvalue weighted by Crippen LogP contribution is -2.58. The molecule has 0 bridgehead atoms. The second-order valence-corrected chi connectivity index (χ2v) is 9.23. The summed E-state index contributed by atoms with van der Waals surface area (Å²) in [5, 5.41) is 29.6. The van der Waals surface area contributed by atoms with E-state index >= 15 is 0 Å². The maximum Gasteiger partial charge on any atom is 0.328 e. The normalized spacial score (nSPS) is 19.9. The van der Waals surface area contributed by atoms with Crippen LogP contribution in [0.15, 0.2) is 0 Å². The van der Waals surface area contributed by atoms with Gasteiger partial charge in [-0.15, -0.1) is 0 Å². The summed E-state index contributed by atoms with van der Waals surface area (Å²) in [7, 11) is 0. The Morgan fingerprint density at radius 1 is 1.06 bits per heavy atom. The zero-order chi connectivity index (χ0) is 23.6. The molecule has 10 nitrogen and oxygen atoms in total. The van der Waals surface area contributed by atoms with E-state index in [-0.39, 0.29) is 24.3 Å². The molecule has 178 valence electrons. The fourth-order valence-electron chi connectivity index (χ4n) is 3.30. The smallest absolute Gasteiger partial charge is 0.328 e. The number of aliphatic hydroxyl groups excluding tert-OH is 1. The van der Waals surface area contributed by atoms with E-state index in [4.69, 9.17) is 0 Å². The van der Waals surface area contributed by atoms with Crippen molar-refractivity contribution >= 4 is 35.5 Å². The van der Waals surface area contributed by atoms with Crippen LogP contribution in [0.2, 0.25) is 0 Å². The molecule has 0 aromatic carbocycles. The van der Waals surface area contributed by atoms with Gasteiger partial charge in [0, 0.05) is 0 Å². The minimum atomic E-state index is -1.49. The van der Waals surface area contributed by atoms with Crippen molar-refractivity contribution in [3.63, 3.8) is 0 Å². The average Bonchev–Trinajstić information content (AvgIpc) is 3.22. The number of aliphatic hydroxyl groups is 1. The van der Waals surface area contributed by atoms with Crippen molar-refractivity contribution in [2.45, 2.75) is 76.7 Å². The van der Waals surface area contributed by atoms with Crippen molar-refractivity contribution in [2.24, 2.45) is 5.92 Å². The molecule has 1 aliphatic rings. The van der Waals surface area contributed by atoms with Crippen LogP contribution in [-0.4, -0.2) is 82.7 Å². The largest absolute Gasteiger partial charge is 0.480 e. The molecule has 11 heteroatoms. The second kappa shape index (κ2) is 13.5. The van der Waals surface area contributed by atoms with E-state index < -0.39 is 42.0 Å². The first-order valence-electron chi connectivity index (χ1n) is 10.6. The van der Waals surface area contributed by atoms with Crippen molar-refractivity contribution in [1.82, 2.24) is 21.3 Å². The molecule has 6 N–H and O–H groups in total. The molecule has 5 atom stereocenters. The van der Waals surface area contributed by atoms with Crippen molar-refractivity contribution in [1.29, 1.82) is 0 Å². The maximum atomic E-state index is 13.0. The third-order valence-corrected chi connectivity index (χ3v) is 5.65. The molecule has 5 unspecified atom stereocenters. The van der Waals surface area contributed by atoms with Gasteiger partial charge < -0.3 is 31.5 Å². The number of aliphatic carboxylic acids is 1. The van der Waals surface area contributed by atoms with Gasteiger partial charge in [-0.2, -0.15) is 11.8 Å². The molecule has 0 aliphatic carbocycles. The molecular weight excluding hydrogens is 424 g/mol. The predicted octanol–water partition coefficient (Wildman–Crippen LogP) is -0.543. The highest BCUT2D eigenvalue weighted by atomic mass is 32.2. The summed E-state index contributed by atoms with van der Waals surface area (Å²) in [6, 6.07) is -3.62. The fourth-order valence-corrected chi connectivity index (χ4v) is 3.77. The van der Waals surface area contributed by atoms with Gasteiger partial charge in [-0.3, -0.25) is 14.4 Å². The van der Waals surface area contributed by atoms with Crippen LogP contribution in [-0.2, 0) is 19.2 Å². The second-order valence-electron chi connectivity index (χ2n) is 8.25. The maximum absolute atomic E-state index is 13.0. The Morgan fingerprint density at radius 2 is 1.71 bits per heavy atom. The van der Waals surface area contributed by atoms with E-state index in [9.17, 15) is 29.4 Å². The fraction of sp³-hybridized carbons (Fsp3) is 0.800. The van der Waals surface area contributed by atoms with Gasteiger partial charge in [0.15, 0.2) is 6.04 Å². The number of thioether (sulfide) groups is 1. The average molecular weight is 461 g/mol. The van der Waals surface area contributed by atoms with Crippen LogP contribution in [0.25, 0.3) is 0 Å². The minimum Gasteiger partial charge on any atom is -0.480 e. The lowest BCUT2D eigenvalue weighted by molar-refractivity contribution is -0.145. The molecule has 1 aliphatic heterocycles. The van der Waals surface area contributed by atoms with Gasteiger partial charge in [0.1, 0.15) is 12.1 Å². The van der Waals surface area contributed by atoms with E-state index in [0.717, 1.165) is 13.0 Å². The van der Waals surface area contributed by atoms with E-state index in [0.29, 0.717) is 18.6 Å². The third kappa shape index (κ3) is 9.44. The van der Waals surface area contributed by atoms with Gasteiger partial charge in [0.05, 0.1) is 12.1 Å². The summed E-state index contributed by atoms with van der Waals surface area (Å²) in [5.41, 5.74) is 0. The number of hydrogen-bond donors (Lipinski definition) is 6. The molecule has 0 radical (unpaired) electrons. The number of rotatable bonds is 13.